The molecular weight excluding hydrogens is 404 g/mol. The van der Waals surface area contributed by atoms with Crippen molar-refractivity contribution < 1.29 is 8.42 Å². The van der Waals surface area contributed by atoms with E-state index in [1.54, 1.807) is 0 Å². The fourth-order valence-corrected chi connectivity index (χ4v) is 6.06. The standard InChI is InChI=1S/C26H26N2O2S/c1-4-24(20-16-14-18(2)15-17-20)31(29,30)28-23-13-9-8-12-22(23)25(26(28)19(3)27)21-10-6-5-7-11-21/h4-17,19,24H,1,27H2,2-3H3. The molecule has 3 aromatic carbocycles. The lowest BCUT2D eigenvalue weighted by Crippen LogP contribution is -2.24. The van der Waals surface area contributed by atoms with Crippen molar-refractivity contribution in [3.63, 3.8) is 0 Å². The van der Waals surface area contributed by atoms with Crippen LogP contribution in [-0.4, -0.2) is 12.4 Å². The van der Waals surface area contributed by atoms with Crippen LogP contribution in [0.3, 0.4) is 0 Å². The maximum Gasteiger partial charge on any atom is 0.250 e. The number of nitrogens with zero attached hydrogens (tertiary/aromatic N) is 1. The van der Waals surface area contributed by atoms with E-state index in [-0.39, 0.29) is 0 Å². The highest BCUT2D eigenvalue weighted by molar-refractivity contribution is 7.90. The molecular formula is C26H26N2O2S. The zero-order valence-corrected chi connectivity index (χ0v) is 18.5. The first-order valence-corrected chi connectivity index (χ1v) is 11.7. The van der Waals surface area contributed by atoms with Crippen molar-refractivity contribution in [2.24, 2.45) is 5.73 Å². The largest absolute Gasteiger partial charge is 0.323 e. The van der Waals surface area contributed by atoms with E-state index < -0.39 is 21.3 Å². The highest BCUT2D eigenvalue weighted by Crippen LogP contribution is 2.41. The normalized spacial score (nSPS) is 13.8. The van der Waals surface area contributed by atoms with Crippen LogP contribution < -0.4 is 5.73 Å². The molecule has 2 N–H and O–H groups in total. The van der Waals surface area contributed by atoms with E-state index >= 15 is 0 Å². The molecule has 158 valence electrons. The van der Waals surface area contributed by atoms with Crippen molar-refractivity contribution in [2.45, 2.75) is 25.1 Å². The van der Waals surface area contributed by atoms with Gasteiger partial charge in [0.15, 0.2) is 0 Å². The average molecular weight is 431 g/mol. The van der Waals surface area contributed by atoms with Crippen molar-refractivity contribution in [1.29, 1.82) is 0 Å². The molecule has 2 unspecified atom stereocenters. The summed E-state index contributed by atoms with van der Waals surface area (Å²) in [5.74, 6) is 0. The summed E-state index contributed by atoms with van der Waals surface area (Å²) in [4.78, 5) is 0. The second-order valence-corrected chi connectivity index (χ2v) is 9.71. The predicted octanol–water partition coefficient (Wildman–Crippen LogP) is 5.74. The number of benzene rings is 3. The van der Waals surface area contributed by atoms with Gasteiger partial charge in [0.1, 0.15) is 5.25 Å². The lowest BCUT2D eigenvalue weighted by atomic mass is 9.99. The molecule has 0 amide bonds. The van der Waals surface area contributed by atoms with Gasteiger partial charge in [-0.05, 0) is 31.0 Å². The van der Waals surface area contributed by atoms with Crippen molar-refractivity contribution in [3.05, 3.63) is 108 Å². The summed E-state index contributed by atoms with van der Waals surface area (Å²) >= 11 is 0. The Morgan fingerprint density at radius 1 is 0.935 bits per heavy atom. The zero-order valence-electron chi connectivity index (χ0n) is 17.7. The van der Waals surface area contributed by atoms with Gasteiger partial charge < -0.3 is 5.73 Å². The van der Waals surface area contributed by atoms with Crippen molar-refractivity contribution in [3.8, 4) is 11.1 Å². The third-order valence-corrected chi connectivity index (χ3v) is 7.57. The molecule has 1 aromatic heterocycles. The van der Waals surface area contributed by atoms with Crippen molar-refractivity contribution in [2.75, 3.05) is 0 Å². The molecule has 0 aliphatic rings. The summed E-state index contributed by atoms with van der Waals surface area (Å²) in [5, 5.41) is -0.0404. The highest BCUT2D eigenvalue weighted by atomic mass is 32.2. The minimum Gasteiger partial charge on any atom is -0.323 e. The quantitative estimate of drug-likeness (QED) is 0.397. The number of para-hydroxylation sites is 1. The van der Waals surface area contributed by atoms with Crippen LogP contribution in [-0.2, 0) is 10.0 Å². The van der Waals surface area contributed by atoms with Gasteiger partial charge in [0.05, 0.1) is 11.2 Å². The van der Waals surface area contributed by atoms with E-state index in [4.69, 9.17) is 5.73 Å². The third kappa shape index (κ3) is 3.60. The van der Waals surface area contributed by atoms with Crippen molar-refractivity contribution >= 4 is 20.9 Å². The Morgan fingerprint density at radius 3 is 2.16 bits per heavy atom. The molecule has 5 heteroatoms. The van der Waals surface area contributed by atoms with Gasteiger partial charge in [-0.3, -0.25) is 0 Å². The van der Waals surface area contributed by atoms with Crippen molar-refractivity contribution in [1.82, 2.24) is 3.97 Å². The van der Waals surface area contributed by atoms with Crippen LogP contribution in [0.25, 0.3) is 22.0 Å². The molecule has 0 saturated carbocycles. The smallest absolute Gasteiger partial charge is 0.250 e. The molecule has 0 aliphatic heterocycles. The second-order valence-electron chi connectivity index (χ2n) is 7.81. The van der Waals surface area contributed by atoms with Crippen LogP contribution in [0.1, 0.15) is 35.0 Å². The molecule has 1 heterocycles. The summed E-state index contributed by atoms with van der Waals surface area (Å²) in [6.45, 7) is 7.64. The fraction of sp³-hybridized carbons (Fsp3) is 0.154. The van der Waals surface area contributed by atoms with Crippen LogP contribution in [0.5, 0.6) is 0 Å². The van der Waals surface area contributed by atoms with E-state index in [0.717, 1.165) is 22.1 Å². The minimum atomic E-state index is -3.89. The summed E-state index contributed by atoms with van der Waals surface area (Å²) < 4.78 is 29.6. The van der Waals surface area contributed by atoms with E-state index in [9.17, 15) is 8.42 Å². The molecule has 0 aliphatic carbocycles. The van der Waals surface area contributed by atoms with E-state index in [2.05, 4.69) is 6.58 Å². The Morgan fingerprint density at radius 2 is 1.55 bits per heavy atom. The van der Waals surface area contributed by atoms with Gasteiger partial charge in [0, 0.05) is 17.0 Å². The molecule has 0 bridgehead atoms. The third-order valence-electron chi connectivity index (χ3n) is 5.56. The topological polar surface area (TPSA) is 65.1 Å². The average Bonchev–Trinajstić information content (AvgIpc) is 3.12. The number of fused-ring (bicyclic) bond motifs is 1. The Kier molecular flexibility index (Phi) is 5.56. The van der Waals surface area contributed by atoms with Crippen LogP contribution in [0, 0.1) is 6.92 Å². The first-order chi connectivity index (χ1) is 14.9. The molecule has 0 fully saturated rings. The number of aryl methyl sites for hydroxylation is 1. The first kappa shape index (κ1) is 21.1. The van der Waals surface area contributed by atoms with Gasteiger partial charge in [-0.1, -0.05) is 84.4 Å². The number of aromatic nitrogens is 1. The molecule has 4 nitrogen and oxygen atoms in total. The van der Waals surface area contributed by atoms with Gasteiger partial charge in [0.25, 0.3) is 0 Å². The summed E-state index contributed by atoms with van der Waals surface area (Å²) in [6, 6.07) is 24.4. The number of nitrogens with two attached hydrogens (primary N) is 1. The number of hydrogen-bond acceptors (Lipinski definition) is 3. The monoisotopic (exact) mass is 430 g/mol. The molecule has 31 heavy (non-hydrogen) atoms. The minimum absolute atomic E-state index is 0.499. The highest BCUT2D eigenvalue weighted by Gasteiger charge is 2.33. The Labute approximate surface area is 183 Å². The SMILES string of the molecule is C=CC(c1ccc(C)cc1)S(=O)(=O)n1c(C(C)N)c(-c2ccccc2)c2ccccc21. The van der Waals surface area contributed by atoms with Crippen LogP contribution in [0.2, 0.25) is 0 Å². The molecule has 4 aromatic rings. The lowest BCUT2D eigenvalue weighted by Gasteiger charge is -2.21. The Bertz CT molecular complexity index is 1340. The van der Waals surface area contributed by atoms with Crippen LogP contribution >= 0.6 is 0 Å². The fourth-order valence-electron chi connectivity index (χ4n) is 4.13. The summed E-state index contributed by atoms with van der Waals surface area (Å²) in [7, 11) is -3.89. The molecule has 0 spiro atoms. The molecule has 0 radical (unpaired) electrons. The zero-order chi connectivity index (χ0) is 22.2. The van der Waals surface area contributed by atoms with E-state index in [1.165, 1.54) is 10.0 Å². The van der Waals surface area contributed by atoms with Gasteiger partial charge in [0.2, 0.25) is 10.0 Å². The number of hydrogen-bond donors (Lipinski definition) is 1. The maximum atomic E-state index is 14.1. The maximum absolute atomic E-state index is 14.1. The first-order valence-electron chi connectivity index (χ1n) is 10.2. The Balaban J connectivity index is 2.06. The summed E-state index contributed by atoms with van der Waals surface area (Å²) in [6.07, 6.45) is 1.49. The Hall–Kier alpha value is -3.15. The van der Waals surface area contributed by atoms with E-state index in [1.807, 2.05) is 92.7 Å². The predicted molar refractivity (Wildman–Crippen MR) is 128 cm³/mol. The van der Waals surface area contributed by atoms with Gasteiger partial charge >= 0.3 is 0 Å². The van der Waals surface area contributed by atoms with Crippen LogP contribution in [0.4, 0.5) is 0 Å². The number of rotatable bonds is 6. The summed E-state index contributed by atoms with van der Waals surface area (Å²) in [5.41, 5.74) is 11.1. The van der Waals surface area contributed by atoms with E-state index in [0.29, 0.717) is 16.8 Å². The lowest BCUT2D eigenvalue weighted by molar-refractivity contribution is 0.578. The second kappa shape index (κ2) is 8.17. The van der Waals surface area contributed by atoms with Crippen LogP contribution in [0.15, 0.2) is 91.5 Å². The molecule has 2 atom stereocenters. The van der Waals surface area contributed by atoms with Gasteiger partial charge in [-0.15, -0.1) is 6.58 Å². The van der Waals surface area contributed by atoms with Gasteiger partial charge in [-0.25, -0.2) is 12.4 Å². The molecule has 4 rings (SSSR count). The van der Waals surface area contributed by atoms with Gasteiger partial charge in [-0.2, -0.15) is 0 Å². The molecule has 0 saturated heterocycles.